The van der Waals surface area contributed by atoms with E-state index in [4.69, 9.17) is 4.74 Å². The zero-order valence-electron chi connectivity index (χ0n) is 11.7. The van der Waals surface area contributed by atoms with Crippen LogP contribution in [0.5, 0.6) is 0 Å². The lowest BCUT2D eigenvalue weighted by atomic mass is 9.74. The molecule has 0 atom stereocenters. The van der Waals surface area contributed by atoms with Gasteiger partial charge in [-0.05, 0) is 23.5 Å². The van der Waals surface area contributed by atoms with Crippen LogP contribution < -0.4 is 0 Å². The Hall–Kier alpha value is -1.15. The summed E-state index contributed by atoms with van der Waals surface area (Å²) in [7, 11) is 0. The third-order valence-electron chi connectivity index (χ3n) is 3.71. The Morgan fingerprint density at radius 3 is 2.11 bits per heavy atom. The summed E-state index contributed by atoms with van der Waals surface area (Å²) in [5, 5.41) is 0. The van der Waals surface area contributed by atoms with Gasteiger partial charge in [-0.2, -0.15) is 0 Å². The van der Waals surface area contributed by atoms with Gasteiger partial charge in [0.25, 0.3) is 0 Å². The van der Waals surface area contributed by atoms with Crippen LogP contribution in [0.1, 0.15) is 45.2 Å². The molecule has 2 heteroatoms. The predicted octanol–water partition coefficient (Wildman–Crippen LogP) is 3.23. The van der Waals surface area contributed by atoms with Crippen molar-refractivity contribution in [3.05, 3.63) is 35.4 Å². The van der Waals surface area contributed by atoms with Crippen molar-refractivity contribution in [3.63, 3.8) is 0 Å². The van der Waals surface area contributed by atoms with Gasteiger partial charge in [0.15, 0.2) is 0 Å². The minimum absolute atomic E-state index is 0.0672. The minimum Gasteiger partial charge on any atom is -0.379 e. The number of rotatable bonds is 3. The fraction of sp³-hybridized carbons (Fsp3) is 0.562. The van der Waals surface area contributed by atoms with Crippen molar-refractivity contribution < 1.29 is 9.53 Å². The van der Waals surface area contributed by atoms with E-state index in [1.807, 2.05) is 0 Å². The first-order chi connectivity index (χ1) is 8.33. The molecule has 1 fully saturated rings. The number of ketones is 1. The highest BCUT2D eigenvalue weighted by molar-refractivity contribution is 5.77. The van der Waals surface area contributed by atoms with E-state index in [-0.39, 0.29) is 16.6 Å². The van der Waals surface area contributed by atoms with Crippen molar-refractivity contribution in [2.24, 2.45) is 0 Å². The van der Waals surface area contributed by atoms with E-state index >= 15 is 0 Å². The molecule has 1 aromatic rings. The monoisotopic (exact) mass is 246 g/mol. The van der Waals surface area contributed by atoms with E-state index in [2.05, 4.69) is 45.0 Å². The second kappa shape index (κ2) is 4.51. The van der Waals surface area contributed by atoms with Crippen LogP contribution >= 0.6 is 0 Å². The summed E-state index contributed by atoms with van der Waals surface area (Å²) in [5.41, 5.74) is 2.66. The van der Waals surface area contributed by atoms with Crippen LogP contribution in [0, 0.1) is 0 Å². The lowest BCUT2D eigenvalue weighted by Gasteiger charge is -2.41. The third-order valence-corrected chi connectivity index (χ3v) is 3.71. The van der Waals surface area contributed by atoms with Gasteiger partial charge in [-0.25, -0.2) is 0 Å². The second-order valence-electron chi connectivity index (χ2n) is 6.48. The van der Waals surface area contributed by atoms with Gasteiger partial charge in [0.2, 0.25) is 0 Å². The highest BCUT2D eigenvalue weighted by atomic mass is 16.5. The van der Waals surface area contributed by atoms with Crippen LogP contribution in [0.4, 0.5) is 0 Å². The van der Waals surface area contributed by atoms with E-state index in [1.54, 1.807) is 6.92 Å². The second-order valence-corrected chi connectivity index (χ2v) is 6.48. The standard InChI is InChI=1S/C16H22O2/c1-12(17)9-16(10-18-11-16)14-7-5-13(6-8-14)15(2,3)4/h5-8H,9-11H2,1-4H3. The first-order valence-electron chi connectivity index (χ1n) is 6.52. The Balaban J connectivity index is 2.25. The molecule has 0 saturated carbocycles. The fourth-order valence-electron chi connectivity index (χ4n) is 2.52. The molecule has 0 bridgehead atoms. The number of hydrogen-bond donors (Lipinski definition) is 0. The zero-order valence-corrected chi connectivity index (χ0v) is 11.7. The first kappa shape index (κ1) is 13.3. The van der Waals surface area contributed by atoms with E-state index < -0.39 is 0 Å². The summed E-state index contributed by atoms with van der Waals surface area (Å²) in [6.45, 7) is 9.62. The van der Waals surface area contributed by atoms with Gasteiger partial charge in [-0.1, -0.05) is 45.0 Å². The summed E-state index contributed by atoms with van der Waals surface area (Å²) in [6.07, 6.45) is 0.585. The average Bonchev–Trinajstić information content (AvgIpc) is 2.22. The molecule has 98 valence electrons. The molecule has 0 aliphatic carbocycles. The molecule has 0 unspecified atom stereocenters. The van der Waals surface area contributed by atoms with Crippen molar-refractivity contribution in [3.8, 4) is 0 Å². The topological polar surface area (TPSA) is 26.3 Å². The maximum atomic E-state index is 11.4. The molecule has 2 nitrogen and oxygen atoms in total. The predicted molar refractivity (Wildman–Crippen MR) is 72.9 cm³/mol. The summed E-state index contributed by atoms with van der Waals surface area (Å²) in [5.74, 6) is 0.234. The first-order valence-corrected chi connectivity index (χ1v) is 6.52. The molecule has 1 aliphatic rings. The van der Waals surface area contributed by atoms with Crippen LogP contribution in [0.15, 0.2) is 24.3 Å². The molecule has 0 amide bonds. The number of hydrogen-bond acceptors (Lipinski definition) is 2. The maximum Gasteiger partial charge on any atom is 0.130 e. The Morgan fingerprint density at radius 1 is 1.22 bits per heavy atom. The molecule has 0 spiro atoms. The van der Waals surface area contributed by atoms with E-state index in [1.165, 1.54) is 11.1 Å². The molecule has 2 rings (SSSR count). The van der Waals surface area contributed by atoms with Crippen molar-refractivity contribution in [2.75, 3.05) is 13.2 Å². The molecular weight excluding hydrogens is 224 g/mol. The van der Waals surface area contributed by atoms with E-state index in [0.29, 0.717) is 19.6 Å². The minimum atomic E-state index is -0.0672. The van der Waals surface area contributed by atoms with Crippen molar-refractivity contribution in [2.45, 2.75) is 44.9 Å². The molecule has 1 aliphatic heterocycles. The summed E-state index contributed by atoms with van der Waals surface area (Å²) in [4.78, 5) is 11.4. The molecule has 0 N–H and O–H groups in total. The Bertz CT molecular complexity index is 433. The highest BCUT2D eigenvalue weighted by Crippen LogP contribution is 2.37. The number of carbonyl (C=O) groups is 1. The van der Waals surface area contributed by atoms with Crippen molar-refractivity contribution in [1.82, 2.24) is 0 Å². The summed E-state index contributed by atoms with van der Waals surface area (Å²) >= 11 is 0. The molecule has 18 heavy (non-hydrogen) atoms. The highest BCUT2D eigenvalue weighted by Gasteiger charge is 2.41. The van der Waals surface area contributed by atoms with Crippen LogP contribution in [-0.4, -0.2) is 19.0 Å². The van der Waals surface area contributed by atoms with Gasteiger partial charge in [0.1, 0.15) is 5.78 Å². The van der Waals surface area contributed by atoms with Gasteiger partial charge < -0.3 is 4.74 Å². The molecule has 1 heterocycles. The Labute approximate surface area is 109 Å². The number of carbonyl (C=O) groups excluding carboxylic acids is 1. The molecule has 0 aromatic heterocycles. The van der Waals surface area contributed by atoms with E-state index in [9.17, 15) is 4.79 Å². The van der Waals surface area contributed by atoms with Crippen molar-refractivity contribution in [1.29, 1.82) is 0 Å². The van der Waals surface area contributed by atoms with Crippen LogP contribution in [0.3, 0.4) is 0 Å². The van der Waals surface area contributed by atoms with Gasteiger partial charge in [0, 0.05) is 11.8 Å². The number of ether oxygens (including phenoxy) is 1. The SMILES string of the molecule is CC(=O)CC1(c2ccc(C(C)(C)C)cc2)COC1. The number of benzene rings is 1. The molecule has 0 radical (unpaired) electrons. The average molecular weight is 246 g/mol. The maximum absolute atomic E-state index is 11.4. The largest absolute Gasteiger partial charge is 0.379 e. The van der Waals surface area contributed by atoms with Gasteiger partial charge in [-0.3, -0.25) is 4.79 Å². The number of Topliss-reactive ketones (excluding diaryl/α,β-unsaturated/α-hetero) is 1. The van der Waals surface area contributed by atoms with Gasteiger partial charge in [0.05, 0.1) is 13.2 Å². The Morgan fingerprint density at radius 2 is 1.78 bits per heavy atom. The van der Waals surface area contributed by atoms with E-state index in [0.717, 1.165) is 0 Å². The zero-order chi connectivity index (χ0) is 13.4. The lowest BCUT2D eigenvalue weighted by Crippen LogP contribution is -2.48. The van der Waals surface area contributed by atoms with Gasteiger partial charge >= 0.3 is 0 Å². The Kier molecular flexibility index (Phi) is 3.33. The van der Waals surface area contributed by atoms with Gasteiger partial charge in [-0.15, -0.1) is 0 Å². The fourth-order valence-corrected chi connectivity index (χ4v) is 2.52. The summed E-state index contributed by atoms with van der Waals surface area (Å²) < 4.78 is 5.34. The summed E-state index contributed by atoms with van der Waals surface area (Å²) in [6, 6.07) is 8.67. The quantitative estimate of drug-likeness (QED) is 0.818. The smallest absolute Gasteiger partial charge is 0.130 e. The normalized spacial score (nSPS) is 18.2. The molecule has 1 aromatic carbocycles. The molecule has 1 saturated heterocycles. The lowest BCUT2D eigenvalue weighted by molar-refractivity contribution is -0.125. The van der Waals surface area contributed by atoms with Crippen molar-refractivity contribution >= 4 is 5.78 Å². The van der Waals surface area contributed by atoms with Crippen LogP contribution in [0.2, 0.25) is 0 Å². The van der Waals surface area contributed by atoms with Crippen LogP contribution in [-0.2, 0) is 20.4 Å². The molecular formula is C16H22O2. The van der Waals surface area contributed by atoms with Crippen LogP contribution in [0.25, 0.3) is 0 Å². The third kappa shape index (κ3) is 2.49.